The number of carbonyl (C=O) groups is 1. The van der Waals surface area contributed by atoms with Gasteiger partial charge in [0.2, 0.25) is 0 Å². The van der Waals surface area contributed by atoms with Gasteiger partial charge in [-0.25, -0.2) is 4.79 Å². The summed E-state index contributed by atoms with van der Waals surface area (Å²) in [6, 6.07) is 11.4. The molecule has 252 valence electrons. The van der Waals surface area contributed by atoms with Crippen LogP contribution in [0.2, 0.25) is 0 Å². The molecule has 0 amide bonds. The normalized spacial score (nSPS) is 14.0. The van der Waals surface area contributed by atoms with E-state index in [0.29, 0.717) is 18.8 Å². The van der Waals surface area contributed by atoms with E-state index in [1.54, 1.807) is 25.3 Å². The first-order chi connectivity index (χ1) is 23.7. The number of rotatable bonds is 16. The summed E-state index contributed by atoms with van der Waals surface area (Å²) in [5.41, 5.74) is -0.104. The monoisotopic (exact) mass is 669 g/mol. The number of fused-ring (bicyclic) bond motifs is 3. The lowest BCUT2D eigenvalue weighted by Gasteiger charge is -2.11. The highest BCUT2D eigenvalue weighted by atomic mass is 16.6. The van der Waals surface area contributed by atoms with Gasteiger partial charge in [-0.15, -0.1) is 0 Å². The number of nitro benzene ring substituents is 3. The van der Waals surface area contributed by atoms with E-state index < -0.39 is 37.8 Å². The Morgan fingerprint density at radius 1 is 0.735 bits per heavy atom. The van der Waals surface area contributed by atoms with Crippen LogP contribution in [0.4, 0.5) is 17.1 Å². The van der Waals surface area contributed by atoms with Crippen molar-refractivity contribution in [3.8, 4) is 11.1 Å². The smallest absolute Gasteiger partial charge is 0.339 e. The number of allylic oxidation sites excluding steroid dienone is 5. The van der Waals surface area contributed by atoms with Crippen molar-refractivity contribution in [1.29, 1.82) is 0 Å². The van der Waals surface area contributed by atoms with Crippen LogP contribution < -0.4 is 0 Å². The molecule has 3 aromatic rings. The van der Waals surface area contributed by atoms with Crippen LogP contribution in [0.3, 0.4) is 0 Å². The molecule has 49 heavy (non-hydrogen) atoms. The van der Waals surface area contributed by atoms with Crippen LogP contribution in [-0.4, -0.2) is 67.5 Å². The fourth-order valence-corrected chi connectivity index (χ4v) is 5.42. The largest absolute Gasteiger partial charge is 0.460 e. The molecule has 14 nitrogen and oxygen atoms in total. The summed E-state index contributed by atoms with van der Waals surface area (Å²) >= 11 is 0. The van der Waals surface area contributed by atoms with E-state index in [1.807, 2.05) is 48.6 Å². The van der Waals surface area contributed by atoms with E-state index >= 15 is 0 Å². The van der Waals surface area contributed by atoms with Gasteiger partial charge >= 0.3 is 5.97 Å². The molecule has 0 heterocycles. The number of hydrogen-bond donors (Lipinski definition) is 0. The highest BCUT2D eigenvalue weighted by molar-refractivity contribution is 6.15. The third-order valence-corrected chi connectivity index (χ3v) is 7.69. The first-order valence-electron chi connectivity index (χ1n) is 15.1. The molecule has 2 aliphatic rings. The number of nitrogens with zero attached hydrogens (tertiary/aromatic N) is 3. The molecule has 0 aromatic heterocycles. The second kappa shape index (κ2) is 15.8. The summed E-state index contributed by atoms with van der Waals surface area (Å²) < 4.78 is 21.0. The van der Waals surface area contributed by atoms with E-state index in [1.165, 1.54) is 6.07 Å². The van der Waals surface area contributed by atoms with Gasteiger partial charge in [0.1, 0.15) is 6.61 Å². The minimum atomic E-state index is -0.983. The summed E-state index contributed by atoms with van der Waals surface area (Å²) in [4.78, 5) is 47.4. The van der Waals surface area contributed by atoms with Gasteiger partial charge in [0.15, 0.2) is 0 Å². The molecule has 0 N–H and O–H groups in total. The molecule has 0 atom stereocenters. The fraction of sp³-hybridized carbons (Fsp3) is 0.229. The second-order valence-electron chi connectivity index (χ2n) is 10.9. The summed E-state index contributed by atoms with van der Waals surface area (Å²) in [6.07, 6.45) is 13.6. The van der Waals surface area contributed by atoms with Crippen LogP contribution >= 0.6 is 0 Å². The van der Waals surface area contributed by atoms with Gasteiger partial charge in [-0.2, -0.15) is 0 Å². The van der Waals surface area contributed by atoms with Crippen molar-refractivity contribution in [1.82, 2.24) is 0 Å². The van der Waals surface area contributed by atoms with Crippen LogP contribution in [0.25, 0.3) is 28.9 Å². The van der Waals surface area contributed by atoms with E-state index in [2.05, 4.69) is 0 Å². The van der Waals surface area contributed by atoms with Gasteiger partial charge < -0.3 is 18.9 Å². The maximum atomic E-state index is 13.5. The number of nitro groups is 3. The topological polar surface area (TPSA) is 183 Å². The molecule has 0 saturated carbocycles. The Balaban J connectivity index is 1.53. The Hall–Kier alpha value is -5.83. The molecule has 5 rings (SSSR count). The van der Waals surface area contributed by atoms with Gasteiger partial charge in [-0.05, 0) is 28.3 Å². The standard InChI is InChI=1S/C35H31N3O11/c1-46-12-13-47-14-15-48-16-17-49-35(39)31-21-26(36(40)41)19-29-28(18-25-10-8-24(9-11-25)7-6-23-4-2-3-5-23)30-20-27(37(42)43)22-32(38(44)45)34(30)33(29)31/h2-11,18-23H,12-17H2,1H3/b7-6-,28-18-. The first-order valence-corrected chi connectivity index (χ1v) is 15.1. The Morgan fingerprint density at radius 2 is 1.31 bits per heavy atom. The molecule has 0 unspecified atom stereocenters. The Bertz CT molecular complexity index is 1880. The fourth-order valence-electron chi connectivity index (χ4n) is 5.42. The van der Waals surface area contributed by atoms with Crippen molar-refractivity contribution < 1.29 is 38.5 Å². The number of non-ortho nitro benzene ring substituents is 2. The highest BCUT2D eigenvalue weighted by Crippen LogP contribution is 2.53. The van der Waals surface area contributed by atoms with E-state index in [0.717, 1.165) is 23.8 Å². The molecule has 0 spiro atoms. The number of hydrogen-bond acceptors (Lipinski definition) is 11. The number of methoxy groups -OCH3 is 1. The van der Waals surface area contributed by atoms with Crippen LogP contribution in [0, 0.1) is 36.3 Å². The molecule has 0 radical (unpaired) electrons. The Morgan fingerprint density at radius 3 is 1.92 bits per heavy atom. The van der Waals surface area contributed by atoms with Gasteiger partial charge in [0.25, 0.3) is 17.1 Å². The van der Waals surface area contributed by atoms with Crippen molar-refractivity contribution in [2.45, 2.75) is 0 Å². The lowest BCUT2D eigenvalue weighted by Crippen LogP contribution is -2.15. The molecule has 2 aliphatic carbocycles. The molecule has 14 heteroatoms. The summed E-state index contributed by atoms with van der Waals surface area (Å²) in [6.45, 7) is 1.08. The average Bonchev–Trinajstić information content (AvgIpc) is 3.72. The predicted octanol–water partition coefficient (Wildman–Crippen LogP) is 6.57. The molecule has 0 fully saturated rings. The molecule has 0 bridgehead atoms. The molecular weight excluding hydrogens is 638 g/mol. The summed E-state index contributed by atoms with van der Waals surface area (Å²) in [7, 11) is 1.55. The van der Waals surface area contributed by atoms with Gasteiger partial charge in [0, 0.05) is 42.4 Å². The second-order valence-corrected chi connectivity index (χ2v) is 10.9. The quantitative estimate of drug-likeness (QED) is 0.0544. The van der Waals surface area contributed by atoms with Crippen LogP contribution in [0.15, 0.2) is 78.9 Å². The van der Waals surface area contributed by atoms with Crippen LogP contribution in [0.1, 0.15) is 32.6 Å². The van der Waals surface area contributed by atoms with Crippen LogP contribution in [0.5, 0.6) is 0 Å². The SMILES string of the molecule is COCCOCCOCCOC(=O)c1cc([N+](=O)[O-])cc2c1-c1c(cc([N+](=O)[O-])cc1[N+](=O)[O-])/C2=C\c1ccc(/C=C\C2C=CC=C2)cc1. The van der Waals surface area contributed by atoms with E-state index in [4.69, 9.17) is 18.9 Å². The number of esters is 1. The summed E-state index contributed by atoms with van der Waals surface area (Å²) in [5, 5.41) is 36.2. The van der Waals surface area contributed by atoms with Crippen molar-refractivity contribution in [3.63, 3.8) is 0 Å². The zero-order chi connectivity index (χ0) is 34.9. The van der Waals surface area contributed by atoms with Crippen molar-refractivity contribution in [2.24, 2.45) is 5.92 Å². The zero-order valence-electron chi connectivity index (χ0n) is 26.3. The Kier molecular flexibility index (Phi) is 11.2. The van der Waals surface area contributed by atoms with E-state index in [9.17, 15) is 35.1 Å². The highest BCUT2D eigenvalue weighted by Gasteiger charge is 2.38. The lowest BCUT2D eigenvalue weighted by atomic mass is 9.96. The molecular formula is C35H31N3O11. The third-order valence-electron chi connectivity index (χ3n) is 7.69. The first kappa shape index (κ1) is 34.5. The minimum Gasteiger partial charge on any atom is -0.460 e. The third kappa shape index (κ3) is 8.19. The maximum absolute atomic E-state index is 13.5. The van der Waals surface area contributed by atoms with Gasteiger partial charge in [-0.1, -0.05) is 60.7 Å². The average molecular weight is 670 g/mol. The van der Waals surface area contributed by atoms with Crippen molar-refractivity contribution in [2.75, 3.05) is 46.8 Å². The predicted molar refractivity (Wildman–Crippen MR) is 180 cm³/mol. The van der Waals surface area contributed by atoms with Crippen LogP contribution in [-0.2, 0) is 18.9 Å². The van der Waals surface area contributed by atoms with Crippen molar-refractivity contribution in [3.05, 3.63) is 137 Å². The van der Waals surface area contributed by atoms with E-state index in [-0.39, 0.29) is 65.7 Å². The van der Waals surface area contributed by atoms with Gasteiger partial charge in [0.05, 0.1) is 65.0 Å². The minimum absolute atomic E-state index is 0.00290. The summed E-state index contributed by atoms with van der Waals surface area (Å²) in [5.74, 6) is -0.794. The Labute approximate surface area is 280 Å². The lowest BCUT2D eigenvalue weighted by molar-refractivity contribution is -0.393. The molecule has 0 saturated heterocycles. The number of benzene rings is 3. The number of carbonyl (C=O) groups excluding carboxylic acids is 1. The molecule has 3 aromatic carbocycles. The van der Waals surface area contributed by atoms with Crippen molar-refractivity contribution >= 4 is 40.8 Å². The zero-order valence-corrected chi connectivity index (χ0v) is 26.3. The number of ether oxygens (including phenoxy) is 4. The maximum Gasteiger partial charge on any atom is 0.339 e. The molecule has 0 aliphatic heterocycles. The van der Waals surface area contributed by atoms with Gasteiger partial charge in [-0.3, -0.25) is 30.3 Å².